The van der Waals surface area contributed by atoms with Gasteiger partial charge in [-0.1, -0.05) is 36.4 Å². The van der Waals surface area contributed by atoms with Crippen molar-refractivity contribution < 1.29 is 86.4 Å². The third-order valence-electron chi connectivity index (χ3n) is 7.15. The molecule has 4 aromatic carbocycles. The van der Waals surface area contributed by atoms with Gasteiger partial charge >= 0.3 is 59.1 Å². The number of fused-ring (bicyclic) bond motifs is 2. The fraction of sp³-hybridized carbons (Fsp3) is 0.0588. The Balaban J connectivity index is 0.00000230. The molecule has 0 atom stereocenters. The molecule has 0 aromatic heterocycles. The molecule has 0 amide bonds. The van der Waals surface area contributed by atoms with Crippen LogP contribution in [0.15, 0.2) is 117 Å². The summed E-state index contributed by atoms with van der Waals surface area (Å²) in [6, 6.07) is 29.6. The number of benzene rings is 5. The minimum absolute atomic E-state index is 0. The first-order chi connectivity index (χ1) is 20.6. The molecule has 4 aromatic rings. The number of aromatic carboxylic acids is 1. The van der Waals surface area contributed by atoms with E-state index in [0.29, 0.717) is 55.7 Å². The number of carboxylic acid groups (broad SMARTS) is 1. The van der Waals surface area contributed by atoms with E-state index in [0.717, 1.165) is 11.3 Å². The van der Waals surface area contributed by atoms with Gasteiger partial charge in [-0.25, -0.2) is 13.4 Å². The van der Waals surface area contributed by atoms with Gasteiger partial charge in [0.25, 0.3) is 0 Å². The molecule has 0 spiro atoms. The number of nitrogens with one attached hydrogen (secondary N) is 1. The van der Waals surface area contributed by atoms with E-state index >= 15 is 0 Å². The van der Waals surface area contributed by atoms with Gasteiger partial charge in [0, 0.05) is 45.6 Å². The molecule has 1 heterocycles. The number of rotatable bonds is 6. The first kappa shape index (κ1) is 34.6. The zero-order valence-corrected chi connectivity index (χ0v) is 29.9. The molecular formula is C34H24N2Na2O6S. The number of carbonyl (C=O) groups excluding carboxylic acids is 1. The van der Waals surface area contributed by atoms with Crippen LogP contribution in [0, 0.1) is 13.8 Å². The SMILES string of the molecule is Cc1cccc(N=c2ccc3c(-c4ccccc4C(=O)[O-])c4ccc(Nc5ccc(S(=O)(=O)[O-])cc5C)cc4oc-3c2)c1.[Na+].[Na+]. The number of hydrogen-bond acceptors (Lipinski definition) is 8. The fourth-order valence-corrected chi connectivity index (χ4v) is 5.69. The molecule has 45 heavy (non-hydrogen) atoms. The Bertz CT molecular complexity index is 2210. The van der Waals surface area contributed by atoms with E-state index < -0.39 is 16.1 Å². The van der Waals surface area contributed by atoms with Crippen molar-refractivity contribution in [1.29, 1.82) is 0 Å². The molecule has 0 saturated carbocycles. The quantitative estimate of drug-likeness (QED) is 0.156. The summed E-state index contributed by atoms with van der Waals surface area (Å²) >= 11 is 0. The van der Waals surface area contributed by atoms with Crippen molar-refractivity contribution in [3.63, 3.8) is 0 Å². The maximum atomic E-state index is 12.1. The van der Waals surface area contributed by atoms with E-state index in [1.165, 1.54) is 24.3 Å². The first-order valence-corrected chi connectivity index (χ1v) is 14.7. The molecule has 2 aliphatic rings. The van der Waals surface area contributed by atoms with Gasteiger partial charge in [-0.05, 0) is 85.1 Å². The minimum atomic E-state index is -4.58. The van der Waals surface area contributed by atoms with Crippen molar-refractivity contribution >= 4 is 44.1 Å². The second kappa shape index (κ2) is 14.0. The molecule has 11 heteroatoms. The Kier molecular flexibility index (Phi) is 10.8. The van der Waals surface area contributed by atoms with E-state index in [4.69, 9.17) is 9.41 Å². The van der Waals surface area contributed by atoms with Crippen LogP contribution >= 0.6 is 0 Å². The number of carbonyl (C=O) groups is 1. The molecule has 0 unspecified atom stereocenters. The molecule has 0 saturated heterocycles. The summed E-state index contributed by atoms with van der Waals surface area (Å²) in [6.07, 6.45) is 0. The standard InChI is InChI=1S/C34H26N2O6S.2Na/c1-20-6-5-7-22(16-20)35-23-10-13-28-31(18-23)42-32-19-24(36-30-15-12-25(17-21(30)2)43(39,40)41)11-14-29(32)33(28)26-8-3-4-9-27(26)34(37)38;;/h3-19,36H,1-2H3,(H,37,38)(H,39,40,41);;/q;2*+1/p-2. The molecule has 1 N–H and O–H groups in total. The Morgan fingerprint density at radius 2 is 1.60 bits per heavy atom. The average Bonchev–Trinajstić information content (AvgIpc) is 2.96. The van der Waals surface area contributed by atoms with Crippen LogP contribution in [0.4, 0.5) is 17.1 Å². The van der Waals surface area contributed by atoms with Crippen LogP contribution in [0.2, 0.25) is 0 Å². The Labute approximate surface area is 304 Å². The summed E-state index contributed by atoms with van der Waals surface area (Å²) in [5.74, 6) is -0.788. The molecule has 0 fully saturated rings. The van der Waals surface area contributed by atoms with Gasteiger partial charge in [0.05, 0.1) is 21.9 Å². The van der Waals surface area contributed by atoms with E-state index in [1.54, 1.807) is 31.2 Å². The van der Waals surface area contributed by atoms with Gasteiger partial charge in [0.15, 0.2) is 0 Å². The van der Waals surface area contributed by atoms with Crippen LogP contribution in [-0.4, -0.2) is 18.9 Å². The van der Waals surface area contributed by atoms with Crippen LogP contribution in [0.3, 0.4) is 0 Å². The van der Waals surface area contributed by atoms with Gasteiger partial charge in [-0.3, -0.25) is 0 Å². The van der Waals surface area contributed by atoms with Crippen molar-refractivity contribution in [2.75, 3.05) is 5.32 Å². The van der Waals surface area contributed by atoms with Gasteiger partial charge in [0.1, 0.15) is 21.5 Å². The van der Waals surface area contributed by atoms with Crippen molar-refractivity contribution in [1.82, 2.24) is 0 Å². The number of carboxylic acids is 1. The number of nitrogens with zero attached hydrogens (tertiary/aromatic N) is 1. The molecular weight excluding hydrogens is 610 g/mol. The van der Waals surface area contributed by atoms with Crippen LogP contribution < -0.4 is 74.9 Å². The monoisotopic (exact) mass is 634 g/mol. The molecule has 8 nitrogen and oxygen atoms in total. The number of anilines is 2. The smallest absolute Gasteiger partial charge is 0.744 e. The molecule has 1 aliphatic carbocycles. The maximum absolute atomic E-state index is 12.1. The molecule has 0 radical (unpaired) electrons. The largest absolute Gasteiger partial charge is 1.00 e. The number of hydrogen-bond donors (Lipinski definition) is 1. The Morgan fingerprint density at radius 3 is 2.31 bits per heavy atom. The third-order valence-corrected chi connectivity index (χ3v) is 7.98. The van der Waals surface area contributed by atoms with Crippen LogP contribution in [0.25, 0.3) is 33.4 Å². The molecule has 1 aliphatic heterocycles. The Hall–Kier alpha value is -3.25. The van der Waals surface area contributed by atoms with E-state index in [1.807, 2.05) is 61.5 Å². The summed E-state index contributed by atoms with van der Waals surface area (Å²) in [5, 5.41) is 16.7. The van der Waals surface area contributed by atoms with Gasteiger partial charge in [0.2, 0.25) is 0 Å². The fourth-order valence-electron chi connectivity index (χ4n) is 5.13. The summed E-state index contributed by atoms with van der Waals surface area (Å²) in [7, 11) is -4.58. The van der Waals surface area contributed by atoms with Crippen molar-refractivity contribution in [2.45, 2.75) is 18.7 Å². The van der Waals surface area contributed by atoms with Crippen LogP contribution in [-0.2, 0) is 10.1 Å². The van der Waals surface area contributed by atoms with Crippen LogP contribution in [0.1, 0.15) is 21.5 Å². The van der Waals surface area contributed by atoms with Gasteiger partial charge < -0.3 is 24.2 Å². The first-order valence-electron chi connectivity index (χ1n) is 13.3. The number of aryl methyl sites for hydroxylation is 2. The average molecular weight is 635 g/mol. The third kappa shape index (κ3) is 7.43. The summed E-state index contributed by atoms with van der Waals surface area (Å²) in [5.41, 5.74) is 6.08. The normalized spacial score (nSPS) is 11.6. The summed E-state index contributed by atoms with van der Waals surface area (Å²) < 4.78 is 40.7. The van der Waals surface area contributed by atoms with E-state index in [2.05, 4.69) is 5.32 Å². The summed E-state index contributed by atoms with van der Waals surface area (Å²) in [4.78, 5) is 16.5. The predicted molar refractivity (Wildman–Crippen MR) is 161 cm³/mol. The molecule has 214 valence electrons. The minimum Gasteiger partial charge on any atom is -0.744 e. The van der Waals surface area contributed by atoms with Crippen molar-refractivity contribution in [3.05, 3.63) is 125 Å². The van der Waals surface area contributed by atoms with Crippen LogP contribution in [0.5, 0.6) is 0 Å². The Morgan fingerprint density at radius 1 is 0.822 bits per heavy atom. The molecule has 6 rings (SSSR count). The second-order valence-electron chi connectivity index (χ2n) is 10.2. The van der Waals surface area contributed by atoms with Gasteiger partial charge in [-0.2, -0.15) is 0 Å². The van der Waals surface area contributed by atoms with E-state index in [-0.39, 0.29) is 69.6 Å². The topological polar surface area (TPSA) is 135 Å². The predicted octanol–water partition coefficient (Wildman–Crippen LogP) is 0.0730. The second-order valence-corrected chi connectivity index (χ2v) is 11.6. The van der Waals surface area contributed by atoms with Crippen molar-refractivity contribution in [2.24, 2.45) is 4.99 Å². The zero-order chi connectivity index (χ0) is 30.3. The molecule has 0 bridgehead atoms. The van der Waals surface area contributed by atoms with E-state index in [9.17, 15) is 22.9 Å². The van der Waals surface area contributed by atoms with Gasteiger partial charge in [-0.15, -0.1) is 0 Å². The van der Waals surface area contributed by atoms with Crippen molar-refractivity contribution in [3.8, 4) is 22.5 Å². The maximum Gasteiger partial charge on any atom is 1.00 e. The zero-order valence-electron chi connectivity index (χ0n) is 25.1. The summed E-state index contributed by atoms with van der Waals surface area (Å²) in [6.45, 7) is 3.69.